The smallest absolute Gasteiger partial charge is 0.195 e. The minimum atomic E-state index is -0.756. The van der Waals surface area contributed by atoms with Gasteiger partial charge in [-0.25, -0.2) is 4.39 Å². The number of Topliss-reactive ketones (excluding diaryl/α,β-unsaturated/α-hetero) is 1. The highest BCUT2D eigenvalue weighted by atomic mass is 35.5. The van der Waals surface area contributed by atoms with Crippen LogP contribution in [0.25, 0.3) is 0 Å². The highest BCUT2D eigenvalue weighted by molar-refractivity contribution is 7.14. The molecular weight excluding hydrogens is 259 g/mol. The Balaban J connectivity index is 2.23. The third-order valence-electron chi connectivity index (χ3n) is 2.38. The van der Waals surface area contributed by atoms with Gasteiger partial charge in [0.1, 0.15) is 11.2 Å². The lowest BCUT2D eigenvalue weighted by atomic mass is 10.1. The van der Waals surface area contributed by atoms with Crippen LogP contribution in [0, 0.1) is 12.7 Å². The number of benzene rings is 1. The summed E-state index contributed by atoms with van der Waals surface area (Å²) < 4.78 is 12.8. The van der Waals surface area contributed by atoms with Gasteiger partial charge in [-0.05, 0) is 36.8 Å². The third-order valence-corrected chi connectivity index (χ3v) is 3.84. The van der Waals surface area contributed by atoms with E-state index in [4.69, 9.17) is 11.6 Å². The SMILES string of the molecule is Cc1ccc(C(=O)C(Cl)c2ccc(F)cc2)s1. The zero-order valence-corrected chi connectivity index (χ0v) is 10.7. The number of aryl methyl sites for hydroxylation is 1. The maximum Gasteiger partial charge on any atom is 0.195 e. The molecule has 0 aliphatic heterocycles. The lowest BCUT2D eigenvalue weighted by molar-refractivity contribution is 0.0991. The number of halogens is 2. The van der Waals surface area contributed by atoms with Crippen molar-refractivity contribution in [2.24, 2.45) is 0 Å². The van der Waals surface area contributed by atoms with Crippen molar-refractivity contribution in [3.05, 3.63) is 57.5 Å². The van der Waals surface area contributed by atoms with Crippen LogP contribution in [-0.4, -0.2) is 5.78 Å². The molecule has 0 spiro atoms. The summed E-state index contributed by atoms with van der Waals surface area (Å²) in [7, 11) is 0. The number of hydrogen-bond acceptors (Lipinski definition) is 2. The van der Waals surface area contributed by atoms with E-state index in [2.05, 4.69) is 0 Å². The fourth-order valence-electron chi connectivity index (χ4n) is 1.47. The van der Waals surface area contributed by atoms with Crippen LogP contribution in [0.2, 0.25) is 0 Å². The highest BCUT2D eigenvalue weighted by Crippen LogP contribution is 2.28. The fourth-order valence-corrected chi connectivity index (χ4v) is 2.64. The maximum absolute atomic E-state index is 12.8. The van der Waals surface area contributed by atoms with Crippen molar-refractivity contribution < 1.29 is 9.18 Å². The number of alkyl halides is 1. The Bertz CT molecular complexity index is 533. The van der Waals surface area contributed by atoms with E-state index < -0.39 is 5.38 Å². The quantitative estimate of drug-likeness (QED) is 0.597. The average Bonchev–Trinajstić information content (AvgIpc) is 2.75. The van der Waals surface area contributed by atoms with E-state index in [0.29, 0.717) is 10.4 Å². The summed E-state index contributed by atoms with van der Waals surface area (Å²) in [6.07, 6.45) is 0. The minimum absolute atomic E-state index is 0.142. The van der Waals surface area contributed by atoms with E-state index in [0.717, 1.165) is 4.88 Å². The summed E-state index contributed by atoms with van der Waals surface area (Å²) >= 11 is 7.50. The molecule has 2 rings (SSSR count). The molecule has 0 saturated heterocycles. The molecule has 1 heterocycles. The molecule has 4 heteroatoms. The molecule has 0 radical (unpaired) electrons. The molecule has 0 fully saturated rings. The van der Waals surface area contributed by atoms with E-state index in [1.807, 2.05) is 13.0 Å². The molecule has 0 aliphatic rings. The van der Waals surface area contributed by atoms with Crippen LogP contribution in [0.4, 0.5) is 4.39 Å². The summed E-state index contributed by atoms with van der Waals surface area (Å²) in [4.78, 5) is 13.7. The Morgan fingerprint density at radius 2 is 1.88 bits per heavy atom. The van der Waals surface area contributed by atoms with Crippen LogP contribution in [0.5, 0.6) is 0 Å². The van der Waals surface area contributed by atoms with Crippen LogP contribution in [0.15, 0.2) is 36.4 Å². The molecule has 0 N–H and O–H groups in total. The first-order valence-corrected chi connectivity index (χ1v) is 6.33. The van der Waals surface area contributed by atoms with Crippen molar-refractivity contribution >= 4 is 28.7 Å². The molecule has 0 amide bonds. The van der Waals surface area contributed by atoms with Crippen molar-refractivity contribution in [2.75, 3.05) is 0 Å². The summed E-state index contributed by atoms with van der Waals surface area (Å²) in [6, 6.07) is 9.32. The van der Waals surface area contributed by atoms with Crippen LogP contribution in [-0.2, 0) is 0 Å². The third kappa shape index (κ3) is 2.73. The molecule has 1 aromatic heterocycles. The average molecular weight is 269 g/mol. The number of rotatable bonds is 3. The van der Waals surface area contributed by atoms with Gasteiger partial charge in [-0.15, -0.1) is 22.9 Å². The molecule has 1 nitrogen and oxygen atoms in total. The molecule has 88 valence electrons. The molecule has 0 bridgehead atoms. The number of hydrogen-bond donors (Lipinski definition) is 0. The van der Waals surface area contributed by atoms with Gasteiger partial charge in [0, 0.05) is 4.88 Å². The van der Waals surface area contributed by atoms with Crippen molar-refractivity contribution in [1.29, 1.82) is 0 Å². The molecule has 17 heavy (non-hydrogen) atoms. The first kappa shape index (κ1) is 12.3. The fraction of sp³-hybridized carbons (Fsp3) is 0.154. The second kappa shape index (κ2) is 4.98. The Morgan fingerprint density at radius 3 is 2.41 bits per heavy atom. The van der Waals surface area contributed by atoms with Gasteiger partial charge in [-0.1, -0.05) is 12.1 Å². The molecule has 1 atom stereocenters. The molecule has 1 aromatic carbocycles. The Kier molecular flexibility index (Phi) is 3.60. The Morgan fingerprint density at radius 1 is 1.24 bits per heavy atom. The lowest BCUT2D eigenvalue weighted by Crippen LogP contribution is -2.05. The van der Waals surface area contributed by atoms with E-state index in [-0.39, 0.29) is 11.6 Å². The van der Waals surface area contributed by atoms with E-state index in [1.165, 1.54) is 35.6 Å². The van der Waals surface area contributed by atoms with Crippen LogP contribution >= 0.6 is 22.9 Å². The molecule has 2 aromatic rings. The van der Waals surface area contributed by atoms with Crippen LogP contribution in [0.3, 0.4) is 0 Å². The van der Waals surface area contributed by atoms with Gasteiger partial charge in [0.05, 0.1) is 4.88 Å². The van der Waals surface area contributed by atoms with Gasteiger partial charge in [0.15, 0.2) is 5.78 Å². The van der Waals surface area contributed by atoms with Crippen molar-refractivity contribution in [1.82, 2.24) is 0 Å². The number of thiophene rings is 1. The van der Waals surface area contributed by atoms with Gasteiger partial charge < -0.3 is 0 Å². The Hall–Kier alpha value is -1.19. The summed E-state index contributed by atoms with van der Waals surface area (Å²) in [5.74, 6) is -0.478. The van der Waals surface area contributed by atoms with Crippen LogP contribution in [0.1, 0.15) is 25.5 Å². The van der Waals surface area contributed by atoms with E-state index in [9.17, 15) is 9.18 Å². The summed E-state index contributed by atoms with van der Waals surface area (Å²) in [5, 5.41) is -0.756. The predicted octanol–water partition coefficient (Wildman–Crippen LogP) is 4.36. The zero-order chi connectivity index (χ0) is 12.4. The first-order valence-electron chi connectivity index (χ1n) is 5.08. The van der Waals surface area contributed by atoms with E-state index >= 15 is 0 Å². The minimum Gasteiger partial charge on any atom is -0.291 e. The van der Waals surface area contributed by atoms with Gasteiger partial charge in [-0.3, -0.25) is 4.79 Å². The summed E-state index contributed by atoms with van der Waals surface area (Å²) in [5.41, 5.74) is 0.615. The van der Waals surface area contributed by atoms with Gasteiger partial charge >= 0.3 is 0 Å². The number of carbonyl (C=O) groups is 1. The van der Waals surface area contributed by atoms with Crippen molar-refractivity contribution in [3.63, 3.8) is 0 Å². The van der Waals surface area contributed by atoms with Crippen LogP contribution < -0.4 is 0 Å². The van der Waals surface area contributed by atoms with Gasteiger partial charge in [0.25, 0.3) is 0 Å². The monoisotopic (exact) mass is 268 g/mol. The highest BCUT2D eigenvalue weighted by Gasteiger charge is 2.20. The molecule has 1 unspecified atom stereocenters. The second-order valence-electron chi connectivity index (χ2n) is 3.69. The van der Waals surface area contributed by atoms with Crippen molar-refractivity contribution in [2.45, 2.75) is 12.3 Å². The first-order chi connectivity index (χ1) is 8.08. The molecular formula is C13H10ClFOS. The van der Waals surface area contributed by atoms with E-state index in [1.54, 1.807) is 6.07 Å². The Labute approximate surface area is 108 Å². The normalized spacial score (nSPS) is 12.4. The topological polar surface area (TPSA) is 17.1 Å². The summed E-state index contributed by atoms with van der Waals surface area (Å²) in [6.45, 7) is 1.93. The maximum atomic E-state index is 12.8. The largest absolute Gasteiger partial charge is 0.291 e. The zero-order valence-electron chi connectivity index (χ0n) is 9.11. The molecule has 0 saturated carbocycles. The lowest BCUT2D eigenvalue weighted by Gasteiger charge is -2.07. The second-order valence-corrected chi connectivity index (χ2v) is 5.41. The predicted molar refractivity (Wildman–Crippen MR) is 68.4 cm³/mol. The standard InChI is InChI=1S/C13H10ClFOS/c1-8-2-7-11(17-8)13(16)12(14)9-3-5-10(15)6-4-9/h2-7,12H,1H3. The van der Waals surface area contributed by atoms with Crippen molar-refractivity contribution in [3.8, 4) is 0 Å². The number of ketones is 1. The van der Waals surface area contributed by atoms with Gasteiger partial charge in [-0.2, -0.15) is 0 Å². The van der Waals surface area contributed by atoms with Gasteiger partial charge in [0.2, 0.25) is 0 Å². The number of carbonyl (C=O) groups excluding carboxylic acids is 1. The molecule has 0 aliphatic carbocycles.